The Bertz CT molecular complexity index is 1040. The molecule has 2 rings (SSSR count). The molecule has 0 radical (unpaired) electrons. The van der Waals surface area contributed by atoms with Crippen molar-refractivity contribution in [1.82, 2.24) is 0 Å². The average Bonchev–Trinajstić information content (AvgIpc) is 2.78. The number of rotatable bonds is 10. The van der Waals surface area contributed by atoms with Crippen LogP contribution in [0.5, 0.6) is 0 Å². The molecule has 0 aliphatic carbocycles. The first-order valence-corrected chi connectivity index (χ1v) is 12.1. The van der Waals surface area contributed by atoms with Crippen molar-refractivity contribution in [2.24, 2.45) is 11.8 Å². The SMILES string of the molecule is CC(C)(C)OC(=O)CNc1cc(-c2ccccc2)ccc1CCC[C@H](C(=O)ON)C(=O)OC(C)(C)C. The molecule has 0 unspecified atom stereocenters. The molecule has 8 heteroatoms. The molecule has 0 amide bonds. The summed E-state index contributed by atoms with van der Waals surface area (Å²) in [4.78, 5) is 41.3. The molecular weight excluding hydrogens is 460 g/mol. The van der Waals surface area contributed by atoms with Gasteiger partial charge in [-0.15, -0.1) is 0 Å². The summed E-state index contributed by atoms with van der Waals surface area (Å²) in [6.45, 7) is 10.6. The van der Waals surface area contributed by atoms with Crippen LogP contribution in [-0.4, -0.2) is 35.7 Å². The second-order valence-corrected chi connectivity index (χ2v) is 10.6. The standard InChI is InChI=1S/C28H38N2O6/c1-27(2,3)34-24(31)18-30-23-17-21(19-11-8-7-9-12-19)16-15-20(23)13-10-14-22(26(33)36-29)25(32)35-28(4,5)6/h7-9,11-12,15-17,22,30H,10,13-14,18,29H2,1-6H3/t22-/m0/s1. The molecule has 0 saturated heterocycles. The summed E-state index contributed by atoms with van der Waals surface area (Å²) < 4.78 is 10.8. The van der Waals surface area contributed by atoms with Crippen LogP contribution in [0, 0.1) is 5.92 Å². The Morgan fingerprint density at radius 1 is 0.861 bits per heavy atom. The first-order valence-electron chi connectivity index (χ1n) is 12.1. The van der Waals surface area contributed by atoms with E-state index < -0.39 is 29.1 Å². The van der Waals surface area contributed by atoms with Crippen LogP contribution in [0.25, 0.3) is 11.1 Å². The lowest BCUT2D eigenvalue weighted by atomic mass is 9.96. The molecule has 2 aromatic rings. The van der Waals surface area contributed by atoms with Crippen LogP contribution in [0.15, 0.2) is 48.5 Å². The van der Waals surface area contributed by atoms with Crippen molar-refractivity contribution in [2.45, 2.75) is 72.0 Å². The Morgan fingerprint density at radius 2 is 1.50 bits per heavy atom. The third kappa shape index (κ3) is 9.70. The van der Waals surface area contributed by atoms with Crippen LogP contribution in [0.3, 0.4) is 0 Å². The van der Waals surface area contributed by atoms with Gasteiger partial charge >= 0.3 is 17.9 Å². The lowest BCUT2D eigenvalue weighted by Crippen LogP contribution is -2.34. The zero-order valence-electron chi connectivity index (χ0n) is 22.1. The van der Waals surface area contributed by atoms with E-state index in [1.165, 1.54) is 0 Å². The zero-order chi connectivity index (χ0) is 26.9. The second kappa shape index (κ2) is 12.5. The number of nitrogens with one attached hydrogen (secondary N) is 1. The summed E-state index contributed by atoms with van der Waals surface area (Å²) >= 11 is 0. The number of anilines is 1. The maximum Gasteiger partial charge on any atom is 0.338 e. The molecule has 0 heterocycles. The number of hydrogen-bond acceptors (Lipinski definition) is 8. The van der Waals surface area contributed by atoms with Crippen molar-refractivity contribution in [1.29, 1.82) is 0 Å². The van der Waals surface area contributed by atoms with Gasteiger partial charge in [0, 0.05) is 5.69 Å². The van der Waals surface area contributed by atoms with Gasteiger partial charge in [0.2, 0.25) is 0 Å². The van der Waals surface area contributed by atoms with Gasteiger partial charge in [0.1, 0.15) is 17.7 Å². The zero-order valence-corrected chi connectivity index (χ0v) is 22.1. The quantitative estimate of drug-likeness (QED) is 0.272. The predicted octanol–water partition coefficient (Wildman–Crippen LogP) is 4.80. The van der Waals surface area contributed by atoms with Gasteiger partial charge in [-0.2, -0.15) is 5.90 Å². The highest BCUT2D eigenvalue weighted by Gasteiger charge is 2.32. The molecule has 0 aliphatic heterocycles. The third-order valence-corrected chi connectivity index (χ3v) is 5.09. The molecule has 0 aliphatic rings. The largest absolute Gasteiger partial charge is 0.459 e. The van der Waals surface area contributed by atoms with Crippen molar-refractivity contribution in [3.63, 3.8) is 0 Å². The summed E-state index contributed by atoms with van der Waals surface area (Å²) in [7, 11) is 0. The van der Waals surface area contributed by atoms with Crippen molar-refractivity contribution < 1.29 is 28.7 Å². The van der Waals surface area contributed by atoms with E-state index in [2.05, 4.69) is 10.2 Å². The fourth-order valence-corrected chi connectivity index (χ4v) is 3.60. The van der Waals surface area contributed by atoms with Gasteiger partial charge < -0.3 is 19.6 Å². The molecule has 8 nitrogen and oxygen atoms in total. The van der Waals surface area contributed by atoms with Gasteiger partial charge in [0.15, 0.2) is 5.92 Å². The van der Waals surface area contributed by atoms with Crippen molar-refractivity contribution in [2.75, 3.05) is 11.9 Å². The minimum Gasteiger partial charge on any atom is -0.459 e. The minimum absolute atomic E-state index is 0.00253. The summed E-state index contributed by atoms with van der Waals surface area (Å²) in [6, 6.07) is 15.9. The molecule has 0 saturated carbocycles. The van der Waals surface area contributed by atoms with E-state index in [1.54, 1.807) is 20.8 Å². The summed E-state index contributed by atoms with van der Waals surface area (Å²) in [5, 5.41) is 3.19. The van der Waals surface area contributed by atoms with Gasteiger partial charge in [-0.05, 0) is 83.6 Å². The first-order chi connectivity index (χ1) is 16.8. The smallest absolute Gasteiger partial charge is 0.338 e. The van der Waals surface area contributed by atoms with E-state index in [4.69, 9.17) is 15.4 Å². The van der Waals surface area contributed by atoms with Gasteiger partial charge in [-0.3, -0.25) is 9.59 Å². The van der Waals surface area contributed by atoms with Gasteiger partial charge in [-0.25, -0.2) is 4.79 Å². The highest BCUT2D eigenvalue weighted by atomic mass is 16.7. The Kier molecular flexibility index (Phi) is 10.0. The number of carbonyl (C=O) groups is 3. The Hall–Kier alpha value is -3.39. The summed E-state index contributed by atoms with van der Waals surface area (Å²) in [5.41, 5.74) is 2.42. The molecule has 0 fully saturated rings. The number of aryl methyl sites for hydroxylation is 1. The number of nitrogens with two attached hydrogens (primary N) is 1. The number of esters is 2. The topological polar surface area (TPSA) is 117 Å². The molecule has 36 heavy (non-hydrogen) atoms. The minimum atomic E-state index is -1.11. The van der Waals surface area contributed by atoms with Crippen molar-refractivity contribution in [3.05, 3.63) is 54.1 Å². The lowest BCUT2D eigenvalue weighted by Gasteiger charge is -2.23. The van der Waals surface area contributed by atoms with E-state index in [9.17, 15) is 14.4 Å². The molecule has 196 valence electrons. The van der Waals surface area contributed by atoms with E-state index in [-0.39, 0.29) is 18.9 Å². The predicted molar refractivity (Wildman–Crippen MR) is 139 cm³/mol. The van der Waals surface area contributed by atoms with E-state index in [0.29, 0.717) is 12.8 Å². The fraction of sp³-hybridized carbons (Fsp3) is 0.464. The van der Waals surface area contributed by atoms with Crippen LogP contribution < -0.4 is 11.2 Å². The Morgan fingerprint density at radius 3 is 2.08 bits per heavy atom. The Balaban J connectivity index is 2.19. The maximum atomic E-state index is 12.5. The molecule has 0 spiro atoms. The molecule has 2 aromatic carbocycles. The summed E-state index contributed by atoms with van der Waals surface area (Å²) in [6.07, 6.45) is 1.24. The lowest BCUT2D eigenvalue weighted by molar-refractivity contribution is -0.170. The van der Waals surface area contributed by atoms with Crippen LogP contribution in [0.1, 0.15) is 59.9 Å². The highest BCUT2D eigenvalue weighted by molar-refractivity contribution is 5.94. The number of benzene rings is 2. The van der Waals surface area contributed by atoms with Crippen LogP contribution in [0.2, 0.25) is 0 Å². The summed E-state index contributed by atoms with van der Waals surface area (Å²) in [5.74, 6) is 2.08. The van der Waals surface area contributed by atoms with Crippen molar-refractivity contribution >= 4 is 23.6 Å². The molecular formula is C28H38N2O6. The van der Waals surface area contributed by atoms with Crippen molar-refractivity contribution in [3.8, 4) is 11.1 Å². The average molecular weight is 499 g/mol. The van der Waals surface area contributed by atoms with Crippen LogP contribution >= 0.6 is 0 Å². The van der Waals surface area contributed by atoms with E-state index >= 15 is 0 Å². The van der Waals surface area contributed by atoms with Gasteiger partial charge in [0.25, 0.3) is 0 Å². The first kappa shape index (κ1) is 28.8. The second-order valence-electron chi connectivity index (χ2n) is 10.6. The number of hydrogen-bond donors (Lipinski definition) is 2. The normalized spacial score (nSPS) is 12.4. The maximum absolute atomic E-state index is 12.5. The fourth-order valence-electron chi connectivity index (χ4n) is 3.60. The third-order valence-electron chi connectivity index (χ3n) is 5.09. The Labute approximate surface area is 213 Å². The van der Waals surface area contributed by atoms with E-state index in [0.717, 1.165) is 22.4 Å². The monoisotopic (exact) mass is 498 g/mol. The number of carbonyl (C=O) groups excluding carboxylic acids is 3. The van der Waals surface area contributed by atoms with Crippen LogP contribution in [0.4, 0.5) is 5.69 Å². The number of ether oxygens (including phenoxy) is 2. The van der Waals surface area contributed by atoms with Crippen LogP contribution in [-0.2, 0) is 35.1 Å². The molecule has 0 aromatic heterocycles. The molecule has 0 bridgehead atoms. The molecule has 3 N–H and O–H groups in total. The van der Waals surface area contributed by atoms with E-state index in [1.807, 2.05) is 69.3 Å². The van der Waals surface area contributed by atoms with Gasteiger partial charge in [0.05, 0.1) is 0 Å². The highest BCUT2D eigenvalue weighted by Crippen LogP contribution is 2.28. The van der Waals surface area contributed by atoms with Gasteiger partial charge in [-0.1, -0.05) is 42.5 Å². The molecule has 1 atom stereocenters.